The molecule has 0 saturated carbocycles. The second-order valence-corrected chi connectivity index (χ2v) is 12.9. The Kier molecular flexibility index (Phi) is 9.22. The molecule has 2 saturated heterocycles. The van der Waals surface area contributed by atoms with E-state index in [9.17, 15) is 14.4 Å². The highest BCUT2D eigenvalue weighted by atomic mass is 35.5. The third-order valence-electron chi connectivity index (χ3n) is 9.27. The molecule has 2 aliphatic rings. The van der Waals surface area contributed by atoms with E-state index >= 15 is 4.39 Å². The lowest BCUT2D eigenvalue weighted by Gasteiger charge is -2.16. The van der Waals surface area contributed by atoms with Gasteiger partial charge in [0, 0.05) is 80.2 Å². The number of carbonyl (C=O) groups excluding carboxylic acids is 2. The summed E-state index contributed by atoms with van der Waals surface area (Å²) >= 11 is 7.01. The number of nitrogens with one attached hydrogen (secondary N) is 4. The molecule has 0 aliphatic carbocycles. The fourth-order valence-corrected chi connectivity index (χ4v) is 6.86. The van der Waals surface area contributed by atoms with E-state index in [1.54, 1.807) is 24.5 Å². The topological polar surface area (TPSA) is 130 Å². The predicted molar refractivity (Wildman–Crippen MR) is 186 cm³/mol. The molecular formula is C37H35ClFN7O3. The van der Waals surface area contributed by atoms with Gasteiger partial charge in [-0.05, 0) is 53.8 Å². The van der Waals surface area contributed by atoms with Crippen molar-refractivity contribution in [1.29, 1.82) is 0 Å². The van der Waals surface area contributed by atoms with E-state index in [1.807, 2.05) is 55.5 Å². The Balaban J connectivity index is 1.11. The Bertz CT molecular complexity index is 2150. The van der Waals surface area contributed by atoms with Gasteiger partial charge in [0.15, 0.2) is 0 Å². The monoisotopic (exact) mass is 679 g/mol. The number of aromatic nitrogens is 3. The van der Waals surface area contributed by atoms with Crippen LogP contribution < -0.4 is 26.8 Å². The van der Waals surface area contributed by atoms with Crippen LogP contribution in [0.5, 0.6) is 0 Å². The average molecular weight is 680 g/mol. The predicted octanol–water partition coefficient (Wildman–Crippen LogP) is 4.54. The van der Waals surface area contributed by atoms with Gasteiger partial charge in [-0.2, -0.15) is 4.39 Å². The summed E-state index contributed by atoms with van der Waals surface area (Å²) in [6, 6.07) is 18.9. The van der Waals surface area contributed by atoms with Crippen molar-refractivity contribution < 1.29 is 14.0 Å². The zero-order valence-corrected chi connectivity index (χ0v) is 27.6. The SMILES string of the molecule is Cc1c(-c2ccn3c(=O)c(CN[C@H]4CNC(=O)C4)cnc3c2)cccc1-c1cccc(-c2ccc(CNC[C@@H]3CCC(=O)N3)c(F)n2)c1Cl. The Morgan fingerprint density at radius 3 is 2.51 bits per heavy atom. The Morgan fingerprint density at radius 2 is 1.76 bits per heavy atom. The molecule has 0 radical (unpaired) electrons. The van der Waals surface area contributed by atoms with Gasteiger partial charge in [-0.3, -0.25) is 18.8 Å². The van der Waals surface area contributed by atoms with Gasteiger partial charge in [0.2, 0.25) is 17.8 Å². The van der Waals surface area contributed by atoms with E-state index in [-0.39, 0.29) is 29.5 Å². The van der Waals surface area contributed by atoms with E-state index in [1.165, 1.54) is 4.40 Å². The van der Waals surface area contributed by atoms with Crippen LogP contribution in [0.1, 0.15) is 36.0 Å². The molecule has 2 aromatic carbocycles. The molecule has 7 rings (SSSR count). The first-order valence-corrected chi connectivity index (χ1v) is 16.7. The number of nitrogens with zero attached hydrogens (tertiary/aromatic N) is 3. The lowest BCUT2D eigenvalue weighted by molar-refractivity contribution is -0.120. The van der Waals surface area contributed by atoms with Crippen LogP contribution >= 0.6 is 11.6 Å². The molecule has 5 aromatic rings. The summed E-state index contributed by atoms with van der Waals surface area (Å²) in [4.78, 5) is 45.0. The van der Waals surface area contributed by atoms with Crippen LogP contribution in [0.2, 0.25) is 5.02 Å². The summed E-state index contributed by atoms with van der Waals surface area (Å²) in [6.07, 6.45) is 5.01. The van der Waals surface area contributed by atoms with Gasteiger partial charge in [-0.15, -0.1) is 0 Å². The van der Waals surface area contributed by atoms with Gasteiger partial charge < -0.3 is 21.3 Å². The number of fused-ring (bicyclic) bond motifs is 1. The number of halogens is 2. The van der Waals surface area contributed by atoms with E-state index in [0.717, 1.165) is 34.2 Å². The number of rotatable bonds is 10. The number of pyridine rings is 2. The second kappa shape index (κ2) is 13.9. The number of hydrogen-bond donors (Lipinski definition) is 4. The van der Waals surface area contributed by atoms with Crippen molar-refractivity contribution in [2.24, 2.45) is 0 Å². The molecule has 2 aliphatic heterocycles. The van der Waals surface area contributed by atoms with Crippen LogP contribution in [0, 0.1) is 12.9 Å². The fraction of sp³-hybridized carbons (Fsp3) is 0.270. The van der Waals surface area contributed by atoms with Crippen LogP contribution in [-0.2, 0) is 22.7 Å². The highest BCUT2D eigenvalue weighted by Gasteiger charge is 2.22. The summed E-state index contributed by atoms with van der Waals surface area (Å²) in [5.41, 5.74) is 6.89. The Labute approximate surface area is 287 Å². The van der Waals surface area contributed by atoms with Crippen molar-refractivity contribution in [3.05, 3.63) is 111 Å². The van der Waals surface area contributed by atoms with Gasteiger partial charge in [0.25, 0.3) is 5.56 Å². The summed E-state index contributed by atoms with van der Waals surface area (Å²) in [5, 5.41) is 12.6. The zero-order valence-electron chi connectivity index (χ0n) is 26.9. The van der Waals surface area contributed by atoms with E-state index in [4.69, 9.17) is 11.6 Å². The highest BCUT2D eigenvalue weighted by molar-refractivity contribution is 6.36. The largest absolute Gasteiger partial charge is 0.354 e. The third kappa shape index (κ3) is 6.82. The molecule has 0 unspecified atom stereocenters. The smallest absolute Gasteiger partial charge is 0.262 e. The minimum absolute atomic E-state index is 0.00327. The molecule has 3 aromatic heterocycles. The summed E-state index contributed by atoms with van der Waals surface area (Å²) in [5.74, 6) is -0.523. The Morgan fingerprint density at radius 1 is 0.959 bits per heavy atom. The molecule has 10 nitrogen and oxygen atoms in total. The van der Waals surface area contributed by atoms with Gasteiger partial charge in [0.05, 0.1) is 16.3 Å². The van der Waals surface area contributed by atoms with E-state index in [2.05, 4.69) is 31.2 Å². The standard InChI is InChI=1S/C37H35ClFN7O3/c1-21-27(22-12-13-46-32(14-22)42-18-24(37(46)49)17-41-26-15-34(48)43-20-26)4-2-5-28(21)29-6-3-7-30(35(29)38)31-10-8-23(36(39)45-31)16-40-19-25-9-11-33(47)44-25/h2-8,10,12-14,18,25-26,40-41H,9,11,15-17,19-20H2,1H3,(H,43,48)(H,44,47)/t25-,26+/m0/s1. The first-order chi connectivity index (χ1) is 23.7. The van der Waals surface area contributed by atoms with E-state index < -0.39 is 5.95 Å². The van der Waals surface area contributed by atoms with Crippen molar-refractivity contribution in [1.82, 2.24) is 35.6 Å². The molecule has 250 valence electrons. The first-order valence-electron chi connectivity index (χ1n) is 16.3. The number of carbonyl (C=O) groups is 2. The minimum atomic E-state index is -0.574. The lowest BCUT2D eigenvalue weighted by Crippen LogP contribution is -2.35. The molecule has 0 bridgehead atoms. The second-order valence-electron chi connectivity index (χ2n) is 12.5. The van der Waals surface area contributed by atoms with Crippen LogP contribution in [0.15, 0.2) is 77.9 Å². The van der Waals surface area contributed by atoms with Crippen molar-refractivity contribution in [2.75, 3.05) is 13.1 Å². The van der Waals surface area contributed by atoms with Crippen molar-refractivity contribution in [2.45, 2.75) is 51.4 Å². The van der Waals surface area contributed by atoms with Crippen molar-refractivity contribution in [3.8, 4) is 33.5 Å². The molecule has 12 heteroatoms. The van der Waals surface area contributed by atoms with Crippen molar-refractivity contribution in [3.63, 3.8) is 0 Å². The molecule has 5 heterocycles. The summed E-state index contributed by atoms with van der Waals surface area (Å²) in [7, 11) is 0. The molecule has 4 N–H and O–H groups in total. The molecule has 0 spiro atoms. The van der Waals surface area contributed by atoms with Crippen LogP contribution in [-0.4, -0.2) is 51.4 Å². The maximum Gasteiger partial charge on any atom is 0.262 e. The number of hydrogen-bond acceptors (Lipinski definition) is 7. The number of benzene rings is 2. The normalized spacial score (nSPS) is 17.4. The highest BCUT2D eigenvalue weighted by Crippen LogP contribution is 2.39. The first kappa shape index (κ1) is 32.6. The number of amides is 2. The van der Waals surface area contributed by atoms with Gasteiger partial charge in [-0.1, -0.05) is 54.1 Å². The maximum absolute atomic E-state index is 15.1. The molecule has 2 amide bonds. The molecule has 2 fully saturated rings. The summed E-state index contributed by atoms with van der Waals surface area (Å²) in [6.45, 7) is 3.75. The Hall–Kier alpha value is -4.97. The van der Waals surface area contributed by atoms with Crippen LogP contribution in [0.4, 0.5) is 4.39 Å². The van der Waals surface area contributed by atoms with Crippen LogP contribution in [0.25, 0.3) is 39.2 Å². The quantitative estimate of drug-likeness (QED) is 0.160. The molecule has 2 atom stereocenters. The van der Waals surface area contributed by atoms with E-state index in [0.29, 0.717) is 72.1 Å². The molecular weight excluding hydrogens is 645 g/mol. The summed E-state index contributed by atoms with van der Waals surface area (Å²) < 4.78 is 16.7. The minimum Gasteiger partial charge on any atom is -0.354 e. The third-order valence-corrected chi connectivity index (χ3v) is 9.67. The van der Waals surface area contributed by atoms with Gasteiger partial charge >= 0.3 is 0 Å². The fourth-order valence-electron chi connectivity index (χ4n) is 6.54. The van der Waals surface area contributed by atoms with Gasteiger partial charge in [-0.25, -0.2) is 9.97 Å². The van der Waals surface area contributed by atoms with Gasteiger partial charge in [0.1, 0.15) is 5.65 Å². The maximum atomic E-state index is 15.1. The van der Waals surface area contributed by atoms with Crippen LogP contribution in [0.3, 0.4) is 0 Å². The molecule has 49 heavy (non-hydrogen) atoms. The van der Waals surface area contributed by atoms with Crippen molar-refractivity contribution >= 4 is 29.1 Å². The lowest BCUT2D eigenvalue weighted by atomic mass is 9.92. The zero-order chi connectivity index (χ0) is 34.1. The average Bonchev–Trinajstić information content (AvgIpc) is 3.72.